The fourth-order valence-electron chi connectivity index (χ4n) is 1.89. The molecule has 19 heavy (non-hydrogen) atoms. The smallest absolute Gasteiger partial charge is 0.330 e. The molecule has 1 rings (SSSR count). The Hall–Kier alpha value is -1.49. The van der Waals surface area contributed by atoms with Gasteiger partial charge < -0.3 is 4.74 Å². The van der Waals surface area contributed by atoms with Gasteiger partial charge in [-0.15, -0.1) is 0 Å². The molecule has 106 valence electrons. The standard InChI is InChI=1S/C14H19F2NO2/c1-4-9-17-14(3,13(18)19-5-2)12-10(15)7-6-8-11(12)16/h6-8,17H,4-5,9H2,1-3H3. The Balaban J connectivity index is 3.26. The van der Waals surface area contributed by atoms with E-state index in [1.807, 2.05) is 6.92 Å². The van der Waals surface area contributed by atoms with Crippen molar-refractivity contribution in [2.24, 2.45) is 0 Å². The molecule has 0 radical (unpaired) electrons. The van der Waals surface area contributed by atoms with E-state index in [9.17, 15) is 13.6 Å². The number of halogens is 2. The summed E-state index contributed by atoms with van der Waals surface area (Å²) in [4.78, 5) is 12.1. The minimum absolute atomic E-state index is 0.151. The maximum Gasteiger partial charge on any atom is 0.330 e. The van der Waals surface area contributed by atoms with Crippen LogP contribution in [0.5, 0.6) is 0 Å². The molecule has 1 aromatic carbocycles. The van der Waals surface area contributed by atoms with Gasteiger partial charge in [0.15, 0.2) is 0 Å². The van der Waals surface area contributed by atoms with Crippen LogP contribution < -0.4 is 5.32 Å². The first-order valence-corrected chi connectivity index (χ1v) is 6.34. The van der Waals surface area contributed by atoms with Crippen LogP contribution >= 0.6 is 0 Å². The second-order valence-corrected chi connectivity index (χ2v) is 4.37. The SMILES string of the molecule is CCCNC(C)(C(=O)OCC)c1c(F)cccc1F. The molecule has 0 aliphatic rings. The number of esters is 1. The first-order chi connectivity index (χ1) is 8.97. The maximum atomic E-state index is 13.9. The normalized spacial score (nSPS) is 13.9. The maximum absolute atomic E-state index is 13.9. The van der Waals surface area contributed by atoms with E-state index in [-0.39, 0.29) is 12.2 Å². The van der Waals surface area contributed by atoms with Crippen molar-refractivity contribution in [3.8, 4) is 0 Å². The Kier molecular flexibility index (Phi) is 5.42. The van der Waals surface area contributed by atoms with Gasteiger partial charge in [0.05, 0.1) is 12.2 Å². The monoisotopic (exact) mass is 271 g/mol. The van der Waals surface area contributed by atoms with E-state index in [4.69, 9.17) is 4.74 Å². The van der Waals surface area contributed by atoms with Crippen molar-refractivity contribution < 1.29 is 18.3 Å². The number of rotatable bonds is 6. The number of carbonyl (C=O) groups is 1. The largest absolute Gasteiger partial charge is 0.464 e. The zero-order chi connectivity index (χ0) is 14.5. The summed E-state index contributed by atoms with van der Waals surface area (Å²) in [6, 6.07) is 3.52. The molecule has 0 spiro atoms. The van der Waals surface area contributed by atoms with Crippen LogP contribution in [0.4, 0.5) is 8.78 Å². The first-order valence-electron chi connectivity index (χ1n) is 6.34. The van der Waals surface area contributed by atoms with Gasteiger partial charge >= 0.3 is 5.97 Å². The van der Waals surface area contributed by atoms with Crippen LogP contribution in [0, 0.1) is 11.6 Å². The van der Waals surface area contributed by atoms with Gasteiger partial charge in [-0.1, -0.05) is 13.0 Å². The van der Waals surface area contributed by atoms with Crippen molar-refractivity contribution in [3.05, 3.63) is 35.4 Å². The molecule has 0 bridgehead atoms. The van der Waals surface area contributed by atoms with Crippen LogP contribution in [0.1, 0.15) is 32.8 Å². The van der Waals surface area contributed by atoms with Crippen molar-refractivity contribution in [1.82, 2.24) is 5.32 Å². The van der Waals surface area contributed by atoms with Crippen molar-refractivity contribution in [1.29, 1.82) is 0 Å². The van der Waals surface area contributed by atoms with Gasteiger partial charge in [0.25, 0.3) is 0 Å². The summed E-state index contributed by atoms with van der Waals surface area (Å²) in [7, 11) is 0. The molecule has 1 unspecified atom stereocenters. The van der Waals surface area contributed by atoms with Crippen LogP contribution in [0.15, 0.2) is 18.2 Å². The van der Waals surface area contributed by atoms with E-state index in [2.05, 4.69) is 5.32 Å². The van der Waals surface area contributed by atoms with Gasteiger partial charge in [-0.25, -0.2) is 13.6 Å². The third kappa shape index (κ3) is 3.29. The van der Waals surface area contributed by atoms with Gasteiger partial charge in [-0.2, -0.15) is 0 Å². The Morgan fingerprint density at radius 3 is 2.37 bits per heavy atom. The molecular weight excluding hydrogens is 252 g/mol. The van der Waals surface area contributed by atoms with E-state index in [0.29, 0.717) is 6.54 Å². The third-order valence-electron chi connectivity index (χ3n) is 2.87. The molecule has 1 atom stereocenters. The summed E-state index contributed by atoms with van der Waals surface area (Å²) < 4.78 is 32.7. The molecular formula is C14H19F2NO2. The molecule has 0 saturated carbocycles. The Labute approximate surface area is 112 Å². The minimum atomic E-state index is -1.53. The second kappa shape index (κ2) is 6.61. The summed E-state index contributed by atoms with van der Waals surface area (Å²) in [5.74, 6) is -2.22. The topological polar surface area (TPSA) is 38.3 Å². The van der Waals surface area contributed by atoms with Gasteiger partial charge in [-0.05, 0) is 38.9 Å². The van der Waals surface area contributed by atoms with E-state index in [1.54, 1.807) is 6.92 Å². The molecule has 0 heterocycles. The fourth-order valence-corrected chi connectivity index (χ4v) is 1.89. The molecule has 1 aromatic rings. The predicted molar refractivity (Wildman–Crippen MR) is 68.6 cm³/mol. The quantitative estimate of drug-likeness (QED) is 0.808. The highest BCUT2D eigenvalue weighted by Crippen LogP contribution is 2.28. The van der Waals surface area contributed by atoms with E-state index >= 15 is 0 Å². The van der Waals surface area contributed by atoms with Crippen molar-refractivity contribution in [2.75, 3.05) is 13.2 Å². The first kappa shape index (κ1) is 15.6. The zero-order valence-electron chi connectivity index (χ0n) is 11.4. The summed E-state index contributed by atoms with van der Waals surface area (Å²) >= 11 is 0. The van der Waals surface area contributed by atoms with Crippen LogP contribution in [0.2, 0.25) is 0 Å². The van der Waals surface area contributed by atoms with Gasteiger partial charge in [0.1, 0.15) is 17.2 Å². The Bertz CT molecular complexity index is 431. The highest BCUT2D eigenvalue weighted by atomic mass is 19.1. The van der Waals surface area contributed by atoms with Crippen molar-refractivity contribution >= 4 is 5.97 Å². The lowest BCUT2D eigenvalue weighted by Gasteiger charge is -2.29. The lowest BCUT2D eigenvalue weighted by molar-refractivity contribution is -0.151. The minimum Gasteiger partial charge on any atom is -0.464 e. The number of hydrogen-bond donors (Lipinski definition) is 1. The highest BCUT2D eigenvalue weighted by Gasteiger charge is 2.40. The average Bonchev–Trinajstić information content (AvgIpc) is 2.36. The zero-order valence-corrected chi connectivity index (χ0v) is 11.4. The van der Waals surface area contributed by atoms with Gasteiger partial charge in [0.2, 0.25) is 0 Å². The van der Waals surface area contributed by atoms with Crippen molar-refractivity contribution in [2.45, 2.75) is 32.7 Å². The van der Waals surface area contributed by atoms with Crippen LogP contribution in [-0.2, 0) is 15.1 Å². The third-order valence-corrected chi connectivity index (χ3v) is 2.87. The summed E-state index contributed by atoms with van der Waals surface area (Å²) in [6.45, 7) is 5.58. The summed E-state index contributed by atoms with van der Waals surface area (Å²) in [6.07, 6.45) is 0.727. The molecule has 3 nitrogen and oxygen atoms in total. The number of benzene rings is 1. The summed E-state index contributed by atoms with van der Waals surface area (Å²) in [5, 5.41) is 2.87. The Morgan fingerprint density at radius 2 is 1.89 bits per heavy atom. The highest BCUT2D eigenvalue weighted by molar-refractivity contribution is 5.82. The van der Waals surface area contributed by atoms with Crippen molar-refractivity contribution in [3.63, 3.8) is 0 Å². The van der Waals surface area contributed by atoms with E-state index in [0.717, 1.165) is 18.6 Å². The second-order valence-electron chi connectivity index (χ2n) is 4.37. The van der Waals surface area contributed by atoms with Gasteiger partial charge in [-0.3, -0.25) is 5.32 Å². The van der Waals surface area contributed by atoms with E-state index < -0.39 is 23.1 Å². The molecule has 1 N–H and O–H groups in total. The number of nitrogens with one attached hydrogen (secondary N) is 1. The average molecular weight is 271 g/mol. The summed E-state index contributed by atoms with van der Waals surface area (Å²) in [5.41, 5.74) is -1.83. The molecule has 0 aromatic heterocycles. The molecule has 0 aliphatic carbocycles. The number of hydrogen-bond acceptors (Lipinski definition) is 3. The predicted octanol–water partition coefficient (Wildman–Crippen LogP) is 2.74. The molecule has 0 fully saturated rings. The number of ether oxygens (including phenoxy) is 1. The van der Waals surface area contributed by atoms with Crippen LogP contribution in [0.25, 0.3) is 0 Å². The Morgan fingerprint density at radius 1 is 1.32 bits per heavy atom. The molecule has 0 saturated heterocycles. The lowest BCUT2D eigenvalue weighted by atomic mass is 9.90. The number of carbonyl (C=O) groups excluding carboxylic acids is 1. The molecule has 5 heteroatoms. The van der Waals surface area contributed by atoms with Crippen LogP contribution in [0.3, 0.4) is 0 Å². The molecule has 0 amide bonds. The molecule has 0 aliphatic heterocycles. The lowest BCUT2D eigenvalue weighted by Crippen LogP contribution is -2.49. The van der Waals surface area contributed by atoms with Crippen LogP contribution in [-0.4, -0.2) is 19.1 Å². The van der Waals surface area contributed by atoms with Gasteiger partial charge in [0, 0.05) is 0 Å². The fraction of sp³-hybridized carbons (Fsp3) is 0.500. The van der Waals surface area contributed by atoms with E-state index in [1.165, 1.54) is 13.0 Å².